The lowest BCUT2D eigenvalue weighted by atomic mass is 9.87. The van der Waals surface area contributed by atoms with Crippen molar-refractivity contribution in [2.45, 2.75) is 24.8 Å². The van der Waals surface area contributed by atoms with Gasteiger partial charge in [0.25, 0.3) is 0 Å². The van der Waals surface area contributed by atoms with Crippen LogP contribution in [0.2, 0.25) is 0 Å². The second-order valence-corrected chi connectivity index (χ2v) is 6.06. The summed E-state index contributed by atoms with van der Waals surface area (Å²) in [6.45, 7) is 1.09. The van der Waals surface area contributed by atoms with Gasteiger partial charge >= 0.3 is 0 Å². The quantitative estimate of drug-likeness (QED) is 0.791. The van der Waals surface area contributed by atoms with Crippen molar-refractivity contribution < 1.29 is 5.11 Å². The zero-order chi connectivity index (χ0) is 13.7. The standard InChI is InChI=1S/C18H19NO/c1-19-9-8-12-6-7-14(20)11-16(12)18-15-5-3-2-4-13(15)10-17(18)19/h2-7,11,17-18,20H,8-10H2,1H3/t17-,18+/m0/s1. The van der Waals surface area contributed by atoms with Crippen molar-refractivity contribution in [3.8, 4) is 5.75 Å². The Morgan fingerprint density at radius 2 is 1.90 bits per heavy atom. The van der Waals surface area contributed by atoms with Gasteiger partial charge in [0.05, 0.1) is 0 Å². The van der Waals surface area contributed by atoms with Crippen LogP contribution in [0.15, 0.2) is 42.5 Å². The van der Waals surface area contributed by atoms with Gasteiger partial charge in [-0.2, -0.15) is 0 Å². The number of hydrogen-bond donors (Lipinski definition) is 1. The minimum Gasteiger partial charge on any atom is -0.508 e. The summed E-state index contributed by atoms with van der Waals surface area (Å²) in [4.78, 5) is 2.49. The van der Waals surface area contributed by atoms with E-state index in [1.807, 2.05) is 12.1 Å². The third kappa shape index (κ3) is 1.68. The summed E-state index contributed by atoms with van der Waals surface area (Å²) in [5, 5.41) is 9.90. The Kier molecular flexibility index (Phi) is 2.61. The smallest absolute Gasteiger partial charge is 0.115 e. The van der Waals surface area contributed by atoms with Crippen LogP contribution in [0.25, 0.3) is 0 Å². The third-order valence-corrected chi connectivity index (χ3v) is 4.97. The maximum atomic E-state index is 9.90. The first-order valence-electron chi connectivity index (χ1n) is 7.34. The van der Waals surface area contributed by atoms with Crippen LogP contribution in [-0.4, -0.2) is 29.6 Å². The van der Waals surface area contributed by atoms with Crippen molar-refractivity contribution in [3.63, 3.8) is 0 Å². The van der Waals surface area contributed by atoms with Crippen molar-refractivity contribution >= 4 is 0 Å². The van der Waals surface area contributed by atoms with Crippen molar-refractivity contribution in [1.82, 2.24) is 4.90 Å². The van der Waals surface area contributed by atoms with Crippen LogP contribution >= 0.6 is 0 Å². The molecule has 0 amide bonds. The highest BCUT2D eigenvalue weighted by Crippen LogP contribution is 2.44. The lowest BCUT2D eigenvalue weighted by molar-refractivity contribution is 0.244. The maximum Gasteiger partial charge on any atom is 0.115 e. The second kappa shape index (κ2) is 4.35. The van der Waals surface area contributed by atoms with E-state index in [2.05, 4.69) is 42.3 Å². The molecule has 0 fully saturated rings. The van der Waals surface area contributed by atoms with E-state index in [0.29, 0.717) is 17.7 Å². The fraction of sp³-hybridized carbons (Fsp3) is 0.333. The van der Waals surface area contributed by atoms with Crippen LogP contribution in [0.1, 0.15) is 28.2 Å². The van der Waals surface area contributed by atoms with E-state index in [1.54, 1.807) is 0 Å². The number of aromatic hydroxyl groups is 1. The van der Waals surface area contributed by atoms with Gasteiger partial charge in [0.1, 0.15) is 5.75 Å². The highest BCUT2D eigenvalue weighted by atomic mass is 16.3. The Balaban J connectivity index is 1.93. The fourth-order valence-corrected chi connectivity index (χ4v) is 3.92. The SMILES string of the molecule is CN1CCc2ccc(O)cc2[C@H]2c3ccccc3C[C@@H]21. The van der Waals surface area contributed by atoms with Crippen LogP contribution in [0, 0.1) is 0 Å². The molecule has 2 aromatic carbocycles. The molecule has 2 aromatic rings. The predicted molar refractivity (Wildman–Crippen MR) is 80.2 cm³/mol. The monoisotopic (exact) mass is 265 g/mol. The minimum absolute atomic E-state index is 0.386. The van der Waals surface area contributed by atoms with E-state index >= 15 is 0 Å². The first-order valence-corrected chi connectivity index (χ1v) is 7.34. The third-order valence-electron chi connectivity index (χ3n) is 4.97. The second-order valence-electron chi connectivity index (χ2n) is 6.06. The number of benzene rings is 2. The van der Waals surface area contributed by atoms with Crippen LogP contribution in [0.5, 0.6) is 5.75 Å². The van der Waals surface area contributed by atoms with Crippen LogP contribution in [0.3, 0.4) is 0 Å². The van der Waals surface area contributed by atoms with Gasteiger partial charge in [-0.05, 0) is 54.3 Å². The molecule has 1 heterocycles. The Morgan fingerprint density at radius 3 is 2.80 bits per heavy atom. The van der Waals surface area contributed by atoms with Gasteiger partial charge in [-0.25, -0.2) is 0 Å². The summed E-state index contributed by atoms with van der Waals surface area (Å²) in [5.41, 5.74) is 5.62. The molecule has 0 saturated carbocycles. The number of phenols is 1. The average molecular weight is 265 g/mol. The summed E-state index contributed by atoms with van der Waals surface area (Å²) in [6, 6.07) is 15.2. The number of hydrogen-bond acceptors (Lipinski definition) is 2. The molecule has 2 atom stereocenters. The molecule has 4 rings (SSSR count). The molecule has 2 aliphatic rings. The molecule has 2 nitrogen and oxygen atoms in total. The maximum absolute atomic E-state index is 9.90. The fourth-order valence-electron chi connectivity index (χ4n) is 3.92. The van der Waals surface area contributed by atoms with E-state index in [9.17, 15) is 5.11 Å². The van der Waals surface area contributed by atoms with Gasteiger partial charge < -0.3 is 10.0 Å². The van der Waals surface area contributed by atoms with Crippen molar-refractivity contribution in [1.29, 1.82) is 0 Å². The van der Waals surface area contributed by atoms with Gasteiger partial charge in [0, 0.05) is 18.5 Å². The van der Waals surface area contributed by atoms with Crippen LogP contribution in [0.4, 0.5) is 0 Å². The summed E-state index contributed by atoms with van der Waals surface area (Å²) < 4.78 is 0. The molecule has 1 N–H and O–H groups in total. The number of phenolic OH excluding ortho intramolecular Hbond substituents is 1. The summed E-state index contributed by atoms with van der Waals surface area (Å²) in [7, 11) is 2.23. The van der Waals surface area contributed by atoms with Gasteiger partial charge in [-0.15, -0.1) is 0 Å². The van der Waals surface area contributed by atoms with Crippen molar-refractivity contribution in [2.75, 3.05) is 13.6 Å². The van der Waals surface area contributed by atoms with Gasteiger partial charge in [0.2, 0.25) is 0 Å². The zero-order valence-corrected chi connectivity index (χ0v) is 11.7. The van der Waals surface area contributed by atoms with Gasteiger partial charge in [-0.3, -0.25) is 0 Å². The van der Waals surface area contributed by atoms with Gasteiger partial charge in [0.15, 0.2) is 0 Å². The number of fused-ring (bicyclic) bond motifs is 5. The molecule has 2 heteroatoms. The molecule has 0 bridgehead atoms. The average Bonchev–Trinajstić information content (AvgIpc) is 2.79. The van der Waals surface area contributed by atoms with E-state index < -0.39 is 0 Å². The van der Waals surface area contributed by atoms with E-state index in [1.165, 1.54) is 22.3 Å². The lowest BCUT2D eigenvalue weighted by Gasteiger charge is -2.27. The van der Waals surface area contributed by atoms with Gasteiger partial charge in [-0.1, -0.05) is 30.3 Å². The molecule has 0 unspecified atom stereocenters. The van der Waals surface area contributed by atoms with Crippen molar-refractivity contribution in [3.05, 3.63) is 64.7 Å². The molecule has 0 spiro atoms. The largest absolute Gasteiger partial charge is 0.508 e. The minimum atomic E-state index is 0.386. The predicted octanol–water partition coefficient (Wildman–Crippen LogP) is 2.94. The topological polar surface area (TPSA) is 23.5 Å². The first kappa shape index (κ1) is 12.0. The van der Waals surface area contributed by atoms with E-state index in [4.69, 9.17) is 0 Å². The molecule has 1 aliphatic carbocycles. The molecular formula is C18H19NO. The van der Waals surface area contributed by atoms with E-state index in [-0.39, 0.29) is 0 Å². The Bertz CT molecular complexity index is 664. The lowest BCUT2D eigenvalue weighted by Crippen LogP contribution is -2.34. The molecule has 0 saturated heterocycles. The molecule has 20 heavy (non-hydrogen) atoms. The molecule has 102 valence electrons. The summed E-state index contributed by atoms with van der Waals surface area (Å²) >= 11 is 0. The number of nitrogens with zero attached hydrogens (tertiary/aromatic N) is 1. The summed E-state index contributed by atoms with van der Waals surface area (Å²) in [6.07, 6.45) is 2.19. The zero-order valence-electron chi connectivity index (χ0n) is 11.7. The molecule has 0 radical (unpaired) electrons. The van der Waals surface area contributed by atoms with Crippen LogP contribution in [-0.2, 0) is 12.8 Å². The Morgan fingerprint density at radius 1 is 1.05 bits per heavy atom. The highest BCUT2D eigenvalue weighted by molar-refractivity contribution is 5.50. The normalized spacial score (nSPS) is 24.6. The molecular weight excluding hydrogens is 246 g/mol. The van der Waals surface area contributed by atoms with E-state index in [0.717, 1.165) is 19.4 Å². The number of rotatable bonds is 0. The molecule has 0 aromatic heterocycles. The Labute approximate surface area is 119 Å². The highest BCUT2D eigenvalue weighted by Gasteiger charge is 2.38. The first-order chi connectivity index (χ1) is 9.74. The van der Waals surface area contributed by atoms with Crippen LogP contribution < -0.4 is 0 Å². The summed E-state index contributed by atoms with van der Waals surface area (Å²) in [5.74, 6) is 0.789. The Hall–Kier alpha value is -1.80. The molecule has 1 aliphatic heterocycles. The van der Waals surface area contributed by atoms with Crippen molar-refractivity contribution in [2.24, 2.45) is 0 Å². The number of likely N-dealkylation sites (N-methyl/N-ethyl adjacent to an activating group) is 1.